The number of amides is 2. The van der Waals surface area contributed by atoms with Gasteiger partial charge >= 0.3 is 0 Å². The Morgan fingerprint density at radius 1 is 1.27 bits per heavy atom. The van der Waals surface area contributed by atoms with Gasteiger partial charge in [0.05, 0.1) is 13.0 Å². The fourth-order valence-electron chi connectivity index (χ4n) is 3.02. The highest BCUT2D eigenvalue weighted by atomic mass is 16.2. The number of para-hydroxylation sites is 1. The molecule has 1 saturated heterocycles. The number of aromatic nitrogens is 1. The van der Waals surface area contributed by atoms with Gasteiger partial charge in [-0.3, -0.25) is 9.59 Å². The van der Waals surface area contributed by atoms with Gasteiger partial charge in [0.25, 0.3) is 0 Å². The van der Waals surface area contributed by atoms with Crippen LogP contribution in [-0.2, 0) is 16.0 Å². The summed E-state index contributed by atoms with van der Waals surface area (Å²) in [6, 6.07) is 7.95. The van der Waals surface area contributed by atoms with Crippen LogP contribution in [0.25, 0.3) is 10.9 Å². The number of likely N-dealkylation sites (N-methyl/N-ethyl adjacent to an activating group) is 1. The number of nitrogens with zero attached hydrogens (tertiary/aromatic N) is 2. The molecular weight excluding hydrogens is 278 g/mol. The normalized spacial score (nSPS) is 16.1. The number of nitrogens with one attached hydrogen (secondary N) is 1. The lowest BCUT2D eigenvalue weighted by atomic mass is 10.1. The number of H-pyrrole nitrogens is 1. The summed E-state index contributed by atoms with van der Waals surface area (Å²) in [4.78, 5) is 31.3. The summed E-state index contributed by atoms with van der Waals surface area (Å²) in [6.45, 7) is 4.29. The molecule has 0 atom stereocenters. The molecule has 1 aliphatic heterocycles. The molecule has 0 unspecified atom stereocenters. The SMILES string of the molecule is CCN1CCCN(C(=O)Cc2c[nH]c3ccccc23)CC1=O. The van der Waals surface area contributed by atoms with E-state index in [2.05, 4.69) is 4.98 Å². The monoisotopic (exact) mass is 299 g/mol. The van der Waals surface area contributed by atoms with Gasteiger partial charge in [0.2, 0.25) is 11.8 Å². The lowest BCUT2D eigenvalue weighted by molar-refractivity contribution is -0.138. The van der Waals surface area contributed by atoms with Gasteiger partial charge in [-0.25, -0.2) is 0 Å². The molecule has 1 aliphatic rings. The van der Waals surface area contributed by atoms with E-state index < -0.39 is 0 Å². The van der Waals surface area contributed by atoms with Crippen LogP contribution < -0.4 is 0 Å². The molecule has 1 N–H and O–H groups in total. The van der Waals surface area contributed by atoms with E-state index in [1.807, 2.05) is 42.3 Å². The molecule has 1 aromatic carbocycles. The number of carbonyl (C=O) groups excluding carboxylic acids is 2. The predicted molar refractivity (Wildman–Crippen MR) is 85.5 cm³/mol. The predicted octanol–water partition coefficient (Wildman–Crippen LogP) is 1.79. The first-order valence-electron chi connectivity index (χ1n) is 7.79. The van der Waals surface area contributed by atoms with Crippen LogP contribution in [0.3, 0.4) is 0 Å². The maximum atomic E-state index is 12.5. The van der Waals surface area contributed by atoms with Crippen LogP contribution in [0.2, 0.25) is 0 Å². The van der Waals surface area contributed by atoms with Crippen molar-refractivity contribution in [1.29, 1.82) is 0 Å². The summed E-state index contributed by atoms with van der Waals surface area (Å²) in [6.07, 6.45) is 3.07. The molecule has 2 aromatic rings. The zero-order valence-corrected chi connectivity index (χ0v) is 12.8. The maximum Gasteiger partial charge on any atom is 0.242 e. The first-order valence-corrected chi connectivity index (χ1v) is 7.79. The minimum Gasteiger partial charge on any atom is -0.361 e. The Bertz CT molecular complexity index is 692. The Balaban J connectivity index is 1.73. The molecule has 5 heteroatoms. The first-order chi connectivity index (χ1) is 10.7. The lowest BCUT2D eigenvalue weighted by Crippen LogP contribution is -2.39. The van der Waals surface area contributed by atoms with Crippen LogP contribution >= 0.6 is 0 Å². The molecule has 0 aliphatic carbocycles. The largest absolute Gasteiger partial charge is 0.361 e. The van der Waals surface area contributed by atoms with Crippen LogP contribution in [0.15, 0.2) is 30.5 Å². The van der Waals surface area contributed by atoms with Crippen molar-refractivity contribution in [1.82, 2.24) is 14.8 Å². The number of rotatable bonds is 3. The third-order valence-electron chi connectivity index (χ3n) is 4.29. The van der Waals surface area contributed by atoms with Crippen LogP contribution in [-0.4, -0.2) is 52.8 Å². The minimum absolute atomic E-state index is 0.0241. The number of aromatic amines is 1. The van der Waals surface area contributed by atoms with Crippen LogP contribution in [0.5, 0.6) is 0 Å². The van der Waals surface area contributed by atoms with E-state index >= 15 is 0 Å². The molecule has 0 bridgehead atoms. The zero-order valence-electron chi connectivity index (χ0n) is 12.8. The van der Waals surface area contributed by atoms with Crippen LogP contribution in [0.1, 0.15) is 18.9 Å². The van der Waals surface area contributed by atoms with Crippen molar-refractivity contribution in [3.8, 4) is 0 Å². The Hall–Kier alpha value is -2.30. The number of hydrogen-bond donors (Lipinski definition) is 1. The molecule has 5 nitrogen and oxygen atoms in total. The summed E-state index contributed by atoms with van der Waals surface area (Å²) in [5, 5.41) is 1.08. The van der Waals surface area contributed by atoms with E-state index in [1.54, 1.807) is 4.90 Å². The quantitative estimate of drug-likeness (QED) is 0.939. The first kappa shape index (κ1) is 14.6. The fraction of sp³-hybridized carbons (Fsp3) is 0.412. The summed E-state index contributed by atoms with van der Waals surface area (Å²) in [5.41, 5.74) is 2.03. The molecule has 116 valence electrons. The van der Waals surface area contributed by atoms with Gasteiger partial charge in [0.15, 0.2) is 0 Å². The molecule has 2 amide bonds. The molecular formula is C17H21N3O2. The number of fused-ring (bicyclic) bond motifs is 1. The summed E-state index contributed by atoms with van der Waals surface area (Å²) in [7, 11) is 0. The van der Waals surface area contributed by atoms with E-state index in [1.165, 1.54) is 0 Å². The molecule has 1 fully saturated rings. The summed E-state index contributed by atoms with van der Waals surface area (Å²) < 4.78 is 0. The van der Waals surface area contributed by atoms with Crippen LogP contribution in [0, 0.1) is 0 Å². The second-order valence-corrected chi connectivity index (χ2v) is 5.68. The molecule has 0 spiro atoms. The van der Waals surface area contributed by atoms with Crippen molar-refractivity contribution in [2.24, 2.45) is 0 Å². The van der Waals surface area contributed by atoms with Gasteiger partial charge in [0, 0.05) is 36.7 Å². The van der Waals surface area contributed by atoms with E-state index in [0.717, 1.165) is 29.4 Å². The molecule has 22 heavy (non-hydrogen) atoms. The van der Waals surface area contributed by atoms with Crippen molar-refractivity contribution >= 4 is 22.7 Å². The van der Waals surface area contributed by atoms with E-state index in [0.29, 0.717) is 19.5 Å². The van der Waals surface area contributed by atoms with Crippen molar-refractivity contribution in [3.05, 3.63) is 36.0 Å². The van der Waals surface area contributed by atoms with Gasteiger partial charge in [-0.1, -0.05) is 18.2 Å². The Morgan fingerprint density at radius 2 is 2.09 bits per heavy atom. The van der Waals surface area contributed by atoms with E-state index in [-0.39, 0.29) is 18.4 Å². The van der Waals surface area contributed by atoms with E-state index in [4.69, 9.17) is 0 Å². The topological polar surface area (TPSA) is 56.4 Å². The van der Waals surface area contributed by atoms with Crippen molar-refractivity contribution in [2.75, 3.05) is 26.2 Å². The second kappa shape index (κ2) is 6.22. The molecule has 3 rings (SSSR count). The van der Waals surface area contributed by atoms with Crippen LogP contribution in [0.4, 0.5) is 0 Å². The summed E-state index contributed by atoms with van der Waals surface area (Å²) in [5.74, 6) is 0.0725. The molecule has 2 heterocycles. The Morgan fingerprint density at radius 3 is 2.91 bits per heavy atom. The Kier molecular flexibility index (Phi) is 4.13. The third kappa shape index (κ3) is 2.84. The van der Waals surface area contributed by atoms with Gasteiger partial charge in [0.1, 0.15) is 0 Å². The zero-order chi connectivity index (χ0) is 15.5. The second-order valence-electron chi connectivity index (χ2n) is 5.68. The third-order valence-corrected chi connectivity index (χ3v) is 4.29. The van der Waals surface area contributed by atoms with Crippen molar-refractivity contribution < 1.29 is 9.59 Å². The average molecular weight is 299 g/mol. The molecule has 0 saturated carbocycles. The van der Waals surface area contributed by atoms with Gasteiger partial charge < -0.3 is 14.8 Å². The highest BCUT2D eigenvalue weighted by Crippen LogP contribution is 2.19. The molecule has 1 aromatic heterocycles. The summed E-state index contributed by atoms with van der Waals surface area (Å²) >= 11 is 0. The van der Waals surface area contributed by atoms with Crippen molar-refractivity contribution in [3.63, 3.8) is 0 Å². The number of carbonyl (C=O) groups is 2. The number of hydrogen-bond acceptors (Lipinski definition) is 2. The lowest BCUT2D eigenvalue weighted by Gasteiger charge is -2.20. The van der Waals surface area contributed by atoms with Gasteiger partial charge in [-0.2, -0.15) is 0 Å². The Labute approximate surface area is 129 Å². The molecule has 0 radical (unpaired) electrons. The van der Waals surface area contributed by atoms with Gasteiger partial charge in [-0.15, -0.1) is 0 Å². The smallest absolute Gasteiger partial charge is 0.242 e. The maximum absolute atomic E-state index is 12.5. The average Bonchev–Trinajstić information content (AvgIpc) is 2.82. The highest BCUT2D eigenvalue weighted by Gasteiger charge is 2.24. The standard InChI is InChI=1S/C17H21N3O2/c1-2-19-8-5-9-20(12-17(19)22)16(21)10-13-11-18-15-7-4-3-6-14(13)15/h3-4,6-7,11,18H,2,5,8-10,12H2,1H3. The number of benzene rings is 1. The van der Waals surface area contributed by atoms with Gasteiger partial charge in [-0.05, 0) is 25.0 Å². The van der Waals surface area contributed by atoms with Crippen molar-refractivity contribution in [2.45, 2.75) is 19.8 Å². The fourth-order valence-corrected chi connectivity index (χ4v) is 3.02. The highest BCUT2D eigenvalue weighted by molar-refractivity contribution is 5.90. The van der Waals surface area contributed by atoms with E-state index in [9.17, 15) is 9.59 Å². The minimum atomic E-state index is 0.0241.